The molecule has 0 amide bonds. The highest BCUT2D eigenvalue weighted by Gasteiger charge is 2.12. The van der Waals surface area contributed by atoms with Crippen LogP contribution in [-0.2, 0) is 9.47 Å². The predicted octanol–water partition coefficient (Wildman–Crippen LogP) is 3.06. The number of carbonyl (C=O) groups excluding carboxylic acids is 1. The summed E-state index contributed by atoms with van der Waals surface area (Å²) in [6, 6.07) is 5.22. The lowest BCUT2D eigenvalue weighted by Gasteiger charge is -2.12. The van der Waals surface area contributed by atoms with E-state index >= 15 is 0 Å². The van der Waals surface area contributed by atoms with Crippen LogP contribution in [0.1, 0.15) is 44.0 Å². The van der Waals surface area contributed by atoms with Crippen LogP contribution in [0.3, 0.4) is 0 Å². The first-order chi connectivity index (χ1) is 10.0. The fraction of sp³-hybridized carbons (Fsp3) is 0.562. The van der Waals surface area contributed by atoms with Gasteiger partial charge in [-0.1, -0.05) is 0 Å². The van der Waals surface area contributed by atoms with Crippen LogP contribution in [0, 0.1) is 0 Å². The Kier molecular flexibility index (Phi) is 7.61. The second-order valence-corrected chi connectivity index (χ2v) is 5.08. The quantitative estimate of drug-likeness (QED) is 0.416. The molecule has 0 saturated heterocycles. The maximum absolute atomic E-state index is 11.9. The van der Waals surface area contributed by atoms with E-state index in [0.29, 0.717) is 17.9 Å². The molecule has 1 aromatic rings. The fourth-order valence-electron chi connectivity index (χ4n) is 1.86. The van der Waals surface area contributed by atoms with Crippen LogP contribution in [0.2, 0.25) is 0 Å². The Morgan fingerprint density at radius 2 is 2.10 bits per heavy atom. The fourth-order valence-corrected chi connectivity index (χ4v) is 1.86. The third-order valence-electron chi connectivity index (χ3n) is 2.88. The van der Waals surface area contributed by atoms with E-state index in [1.165, 1.54) is 0 Å². The van der Waals surface area contributed by atoms with Crippen LogP contribution in [0.25, 0.3) is 0 Å². The molecule has 0 bridgehead atoms. The summed E-state index contributed by atoms with van der Waals surface area (Å²) in [6.07, 6.45) is 2.22. The molecule has 0 aliphatic carbocycles. The number of esters is 1. The van der Waals surface area contributed by atoms with Gasteiger partial charge in [0.05, 0.1) is 18.3 Å². The van der Waals surface area contributed by atoms with Gasteiger partial charge in [0.25, 0.3) is 0 Å². The number of hydrogen-bond donors (Lipinski definition) is 2. The molecule has 5 heteroatoms. The van der Waals surface area contributed by atoms with Gasteiger partial charge in [0.2, 0.25) is 0 Å². The normalized spacial score (nSPS) is 10.7. The molecular formula is C16H26N2O3. The van der Waals surface area contributed by atoms with Crippen molar-refractivity contribution in [3.8, 4) is 0 Å². The lowest BCUT2D eigenvalue weighted by atomic mass is 10.1. The van der Waals surface area contributed by atoms with Crippen molar-refractivity contribution in [2.75, 3.05) is 30.8 Å². The molecule has 21 heavy (non-hydrogen) atoms. The number of hydrogen-bond acceptors (Lipinski definition) is 5. The van der Waals surface area contributed by atoms with Crippen LogP contribution in [-0.4, -0.2) is 31.8 Å². The van der Waals surface area contributed by atoms with E-state index in [1.54, 1.807) is 19.1 Å². The number of nitrogens with one attached hydrogen (secondary N) is 1. The molecule has 0 aliphatic heterocycles. The van der Waals surface area contributed by atoms with Gasteiger partial charge in [0.1, 0.15) is 0 Å². The number of ether oxygens (including phenoxy) is 2. The maximum Gasteiger partial charge on any atom is 0.340 e. The molecule has 0 fully saturated rings. The summed E-state index contributed by atoms with van der Waals surface area (Å²) in [7, 11) is 0. The molecule has 3 N–H and O–H groups in total. The van der Waals surface area contributed by atoms with E-state index in [-0.39, 0.29) is 12.1 Å². The Bertz CT molecular complexity index is 447. The van der Waals surface area contributed by atoms with Crippen molar-refractivity contribution in [2.24, 2.45) is 0 Å². The summed E-state index contributed by atoms with van der Waals surface area (Å²) in [4.78, 5) is 11.9. The molecule has 0 aromatic heterocycles. The summed E-state index contributed by atoms with van der Waals surface area (Å²) >= 11 is 0. The van der Waals surface area contributed by atoms with Crippen molar-refractivity contribution in [3.63, 3.8) is 0 Å². The van der Waals surface area contributed by atoms with Crippen molar-refractivity contribution in [2.45, 2.75) is 39.7 Å². The monoisotopic (exact) mass is 294 g/mol. The molecule has 0 heterocycles. The Balaban J connectivity index is 2.48. The average Bonchev–Trinajstić information content (AvgIpc) is 2.43. The third-order valence-corrected chi connectivity index (χ3v) is 2.88. The molecule has 118 valence electrons. The molecule has 0 saturated carbocycles. The van der Waals surface area contributed by atoms with Crippen LogP contribution in [0.4, 0.5) is 11.4 Å². The number of nitrogen functional groups attached to an aromatic ring is 1. The topological polar surface area (TPSA) is 73.6 Å². The summed E-state index contributed by atoms with van der Waals surface area (Å²) in [6.45, 7) is 7.71. The average molecular weight is 294 g/mol. The second kappa shape index (κ2) is 9.23. The Morgan fingerprint density at radius 1 is 1.33 bits per heavy atom. The summed E-state index contributed by atoms with van der Waals surface area (Å²) in [5.74, 6) is -0.351. The zero-order chi connectivity index (χ0) is 15.7. The molecule has 1 rings (SSSR count). The zero-order valence-electron chi connectivity index (χ0n) is 13.1. The molecule has 0 radical (unpaired) electrons. The van der Waals surface area contributed by atoms with Crippen LogP contribution in [0.15, 0.2) is 18.2 Å². The molecule has 0 unspecified atom stereocenters. The lowest BCUT2D eigenvalue weighted by molar-refractivity contribution is 0.0527. The van der Waals surface area contributed by atoms with Gasteiger partial charge in [-0.25, -0.2) is 4.79 Å². The van der Waals surface area contributed by atoms with Crippen LogP contribution in [0.5, 0.6) is 0 Å². The highest BCUT2D eigenvalue weighted by molar-refractivity contribution is 5.96. The predicted molar refractivity (Wildman–Crippen MR) is 85.6 cm³/mol. The van der Waals surface area contributed by atoms with Gasteiger partial charge in [0.15, 0.2) is 0 Å². The number of carbonyl (C=O) groups is 1. The zero-order valence-corrected chi connectivity index (χ0v) is 13.1. The Hall–Kier alpha value is -1.75. The molecule has 0 spiro atoms. The number of nitrogens with two attached hydrogens (primary N) is 1. The summed E-state index contributed by atoms with van der Waals surface area (Å²) < 4.78 is 10.5. The van der Waals surface area contributed by atoms with Gasteiger partial charge in [-0.3, -0.25) is 0 Å². The number of unbranched alkanes of at least 4 members (excludes halogenated alkanes) is 1. The van der Waals surface area contributed by atoms with E-state index in [1.807, 2.05) is 19.9 Å². The Morgan fingerprint density at radius 3 is 2.76 bits per heavy atom. The summed E-state index contributed by atoms with van der Waals surface area (Å²) in [5.41, 5.74) is 7.52. The minimum absolute atomic E-state index is 0.269. The van der Waals surface area contributed by atoms with Gasteiger partial charge in [-0.05, 0) is 51.8 Å². The van der Waals surface area contributed by atoms with E-state index in [2.05, 4.69) is 5.32 Å². The van der Waals surface area contributed by atoms with Gasteiger partial charge in [-0.15, -0.1) is 0 Å². The van der Waals surface area contributed by atoms with Crippen LogP contribution < -0.4 is 11.1 Å². The lowest BCUT2D eigenvalue weighted by Crippen LogP contribution is -2.12. The first-order valence-electron chi connectivity index (χ1n) is 7.46. The van der Waals surface area contributed by atoms with E-state index in [0.717, 1.165) is 31.7 Å². The van der Waals surface area contributed by atoms with Crippen molar-refractivity contribution in [1.82, 2.24) is 0 Å². The second-order valence-electron chi connectivity index (χ2n) is 5.08. The third kappa shape index (κ3) is 6.49. The van der Waals surface area contributed by atoms with Gasteiger partial charge in [-0.2, -0.15) is 0 Å². The molecule has 5 nitrogen and oxygen atoms in total. The smallest absolute Gasteiger partial charge is 0.340 e. The van der Waals surface area contributed by atoms with Crippen molar-refractivity contribution in [3.05, 3.63) is 23.8 Å². The van der Waals surface area contributed by atoms with Gasteiger partial charge in [0, 0.05) is 24.5 Å². The minimum Gasteiger partial charge on any atom is -0.462 e. The van der Waals surface area contributed by atoms with Crippen LogP contribution >= 0.6 is 0 Å². The molecule has 0 atom stereocenters. The molecule has 1 aromatic carbocycles. The number of anilines is 2. The van der Waals surface area contributed by atoms with Gasteiger partial charge >= 0.3 is 5.97 Å². The molecule has 0 aliphatic rings. The summed E-state index contributed by atoms with van der Waals surface area (Å²) in [5, 5.41) is 3.26. The van der Waals surface area contributed by atoms with E-state index in [9.17, 15) is 4.79 Å². The highest BCUT2D eigenvalue weighted by Crippen LogP contribution is 2.20. The first kappa shape index (κ1) is 17.3. The van der Waals surface area contributed by atoms with Crippen molar-refractivity contribution in [1.29, 1.82) is 0 Å². The first-order valence-corrected chi connectivity index (χ1v) is 7.46. The maximum atomic E-state index is 11.9. The van der Waals surface area contributed by atoms with E-state index < -0.39 is 0 Å². The SMILES string of the molecule is CCOC(=O)c1cc(N)ccc1NCCCCOC(C)C. The Labute approximate surface area is 126 Å². The standard InChI is InChI=1S/C16H26N2O3/c1-4-20-16(19)14-11-13(17)7-8-15(14)18-9-5-6-10-21-12(2)3/h7-8,11-12,18H,4-6,9-10,17H2,1-3H3. The number of benzene rings is 1. The van der Waals surface area contributed by atoms with Gasteiger partial charge < -0.3 is 20.5 Å². The van der Waals surface area contributed by atoms with Crippen molar-refractivity contribution >= 4 is 17.3 Å². The number of rotatable bonds is 9. The largest absolute Gasteiger partial charge is 0.462 e. The molecular weight excluding hydrogens is 268 g/mol. The minimum atomic E-state index is -0.351. The van der Waals surface area contributed by atoms with E-state index in [4.69, 9.17) is 15.2 Å². The highest BCUT2D eigenvalue weighted by atomic mass is 16.5. The van der Waals surface area contributed by atoms with Crippen molar-refractivity contribution < 1.29 is 14.3 Å².